The molecule has 0 N–H and O–H groups in total. The lowest BCUT2D eigenvalue weighted by Gasteiger charge is -2.18. The molecule has 0 aromatic rings. The van der Waals surface area contributed by atoms with Crippen LogP contribution in [0.3, 0.4) is 0 Å². The predicted octanol–water partition coefficient (Wildman–Crippen LogP) is 23.1. The van der Waals surface area contributed by atoms with Crippen LogP contribution in [0, 0.1) is 0 Å². The molecule has 0 aromatic carbocycles. The van der Waals surface area contributed by atoms with Crippen LogP contribution < -0.4 is 0 Å². The Morgan fingerprint density at radius 1 is 0.273 bits per heavy atom. The quantitative estimate of drug-likeness (QED) is 0.0261. The first kappa shape index (κ1) is 74.1. The van der Waals surface area contributed by atoms with Crippen LogP contribution in [0.2, 0.25) is 0 Å². The summed E-state index contributed by atoms with van der Waals surface area (Å²) in [6, 6.07) is 0. The molecular weight excluding hydrogens is 949 g/mol. The maximum absolute atomic E-state index is 12.9. The molecule has 1 atom stereocenters. The molecule has 1 unspecified atom stereocenters. The van der Waals surface area contributed by atoms with Crippen molar-refractivity contribution in [3.63, 3.8) is 0 Å². The van der Waals surface area contributed by atoms with E-state index in [0.717, 1.165) is 89.9 Å². The van der Waals surface area contributed by atoms with E-state index in [1.54, 1.807) is 0 Å². The summed E-state index contributed by atoms with van der Waals surface area (Å²) in [7, 11) is 0. The van der Waals surface area contributed by atoms with E-state index in [2.05, 4.69) is 81.5 Å². The van der Waals surface area contributed by atoms with Gasteiger partial charge in [-0.15, -0.1) is 0 Å². The highest BCUT2D eigenvalue weighted by atomic mass is 16.6. The second-order valence-electron chi connectivity index (χ2n) is 22.7. The summed E-state index contributed by atoms with van der Waals surface area (Å²) >= 11 is 0. The Balaban J connectivity index is 4.12. The number of allylic oxidation sites excluding steroid dienone is 10. The zero-order chi connectivity index (χ0) is 55.7. The molecule has 77 heavy (non-hydrogen) atoms. The molecule has 0 aliphatic carbocycles. The molecule has 6 heteroatoms. The van der Waals surface area contributed by atoms with Crippen molar-refractivity contribution in [2.24, 2.45) is 0 Å². The van der Waals surface area contributed by atoms with Crippen molar-refractivity contribution in [2.75, 3.05) is 13.2 Å². The molecule has 448 valence electrons. The fourth-order valence-corrected chi connectivity index (χ4v) is 9.95. The molecule has 6 nitrogen and oxygen atoms in total. The van der Waals surface area contributed by atoms with Crippen molar-refractivity contribution in [3.8, 4) is 0 Å². The molecule has 0 saturated heterocycles. The van der Waals surface area contributed by atoms with E-state index in [9.17, 15) is 14.4 Å². The summed E-state index contributed by atoms with van der Waals surface area (Å²) in [5.74, 6) is -0.858. The van der Waals surface area contributed by atoms with E-state index in [0.29, 0.717) is 19.3 Å². The number of hydrogen-bond acceptors (Lipinski definition) is 6. The number of carbonyl (C=O) groups excluding carboxylic acids is 3. The van der Waals surface area contributed by atoms with Crippen molar-refractivity contribution < 1.29 is 28.6 Å². The summed E-state index contributed by atoms with van der Waals surface area (Å²) < 4.78 is 16.9. The summed E-state index contributed by atoms with van der Waals surface area (Å²) in [4.78, 5) is 38.3. The molecule has 0 saturated carbocycles. The van der Waals surface area contributed by atoms with E-state index in [1.807, 2.05) is 0 Å². The number of ether oxygens (including phenoxy) is 3. The van der Waals surface area contributed by atoms with Gasteiger partial charge >= 0.3 is 17.9 Å². The third kappa shape index (κ3) is 63.8. The first-order chi connectivity index (χ1) is 38.0. The van der Waals surface area contributed by atoms with Crippen LogP contribution >= 0.6 is 0 Å². The lowest BCUT2D eigenvalue weighted by Crippen LogP contribution is -2.30. The van der Waals surface area contributed by atoms with Crippen LogP contribution in [0.5, 0.6) is 0 Å². The van der Waals surface area contributed by atoms with Crippen molar-refractivity contribution in [3.05, 3.63) is 60.8 Å². The molecule has 0 aliphatic heterocycles. The minimum Gasteiger partial charge on any atom is -0.462 e. The van der Waals surface area contributed by atoms with Crippen molar-refractivity contribution >= 4 is 17.9 Å². The van der Waals surface area contributed by atoms with Gasteiger partial charge in [-0.25, -0.2) is 0 Å². The smallest absolute Gasteiger partial charge is 0.306 e. The monoisotopic (exact) mass is 1080 g/mol. The molecule has 0 aromatic heterocycles. The second kappa shape index (κ2) is 65.6. The van der Waals surface area contributed by atoms with Gasteiger partial charge in [-0.05, 0) is 77.0 Å². The first-order valence-corrected chi connectivity index (χ1v) is 33.8. The third-order valence-corrected chi connectivity index (χ3v) is 15.0. The maximum Gasteiger partial charge on any atom is 0.306 e. The minimum absolute atomic E-state index is 0.0710. The van der Waals surface area contributed by atoms with Crippen LogP contribution in [-0.4, -0.2) is 37.2 Å². The molecule has 0 spiro atoms. The molecule has 0 fully saturated rings. The first-order valence-electron chi connectivity index (χ1n) is 33.8. The van der Waals surface area contributed by atoms with E-state index in [-0.39, 0.29) is 31.1 Å². The predicted molar refractivity (Wildman–Crippen MR) is 335 cm³/mol. The van der Waals surface area contributed by atoms with Gasteiger partial charge in [0.15, 0.2) is 6.10 Å². The SMILES string of the molecule is CC/C=C\C/C=C\C/C=C\C/C=C\CCCCCCCCCCCCCCCCCCCCC(=O)OCC(COC(=O)CCCCCCC/C=C\CCCC)OC(=O)CCCCCCCCCCCCCCCCCCC. The summed E-state index contributed by atoms with van der Waals surface area (Å²) in [6.45, 7) is 6.54. The van der Waals surface area contributed by atoms with Crippen molar-refractivity contribution in [2.45, 2.75) is 361 Å². The Hall–Kier alpha value is -2.89. The Kier molecular flexibility index (Phi) is 63.2. The maximum atomic E-state index is 12.9. The van der Waals surface area contributed by atoms with Gasteiger partial charge in [0.05, 0.1) is 0 Å². The fraction of sp³-hybridized carbons (Fsp3) is 0.817. The van der Waals surface area contributed by atoms with Crippen molar-refractivity contribution in [1.29, 1.82) is 0 Å². The van der Waals surface area contributed by atoms with Gasteiger partial charge in [0.2, 0.25) is 0 Å². The Morgan fingerprint density at radius 3 is 0.844 bits per heavy atom. The van der Waals surface area contributed by atoms with E-state index in [1.165, 1.54) is 225 Å². The summed E-state index contributed by atoms with van der Waals surface area (Å²) in [5.41, 5.74) is 0. The number of rotatable bonds is 62. The molecule has 0 heterocycles. The van der Waals surface area contributed by atoms with Gasteiger partial charge in [-0.1, -0.05) is 319 Å². The van der Waals surface area contributed by atoms with Crippen molar-refractivity contribution in [1.82, 2.24) is 0 Å². The largest absolute Gasteiger partial charge is 0.462 e. The van der Waals surface area contributed by atoms with E-state index >= 15 is 0 Å². The van der Waals surface area contributed by atoms with Crippen LogP contribution in [0.1, 0.15) is 355 Å². The Bertz CT molecular complexity index is 1380. The fourth-order valence-electron chi connectivity index (χ4n) is 9.95. The highest BCUT2D eigenvalue weighted by Gasteiger charge is 2.19. The zero-order valence-electron chi connectivity index (χ0n) is 51.5. The molecule has 0 bridgehead atoms. The number of carbonyl (C=O) groups is 3. The summed E-state index contributed by atoms with van der Waals surface area (Å²) in [5, 5.41) is 0. The number of hydrogen-bond donors (Lipinski definition) is 0. The normalized spacial score (nSPS) is 12.4. The Morgan fingerprint density at radius 2 is 0.519 bits per heavy atom. The molecule has 0 aliphatic rings. The Labute approximate surface area is 479 Å². The van der Waals surface area contributed by atoms with E-state index < -0.39 is 6.10 Å². The van der Waals surface area contributed by atoms with Gasteiger partial charge in [0.1, 0.15) is 13.2 Å². The van der Waals surface area contributed by atoms with Crippen LogP contribution in [0.4, 0.5) is 0 Å². The minimum atomic E-state index is -0.773. The average molecular weight is 1080 g/mol. The van der Waals surface area contributed by atoms with Crippen LogP contribution in [0.25, 0.3) is 0 Å². The zero-order valence-corrected chi connectivity index (χ0v) is 51.5. The van der Waals surface area contributed by atoms with Gasteiger partial charge in [0, 0.05) is 19.3 Å². The molecule has 0 radical (unpaired) electrons. The van der Waals surface area contributed by atoms with Gasteiger partial charge in [-0.2, -0.15) is 0 Å². The number of esters is 3. The van der Waals surface area contributed by atoms with Gasteiger partial charge in [0.25, 0.3) is 0 Å². The van der Waals surface area contributed by atoms with E-state index in [4.69, 9.17) is 14.2 Å². The van der Waals surface area contributed by atoms with Gasteiger partial charge in [-0.3, -0.25) is 14.4 Å². The lowest BCUT2D eigenvalue weighted by atomic mass is 10.0. The third-order valence-electron chi connectivity index (χ3n) is 15.0. The molecule has 0 amide bonds. The topological polar surface area (TPSA) is 78.9 Å². The van der Waals surface area contributed by atoms with Gasteiger partial charge < -0.3 is 14.2 Å². The number of unbranched alkanes of at least 4 members (excludes halogenated alkanes) is 41. The average Bonchev–Trinajstić information content (AvgIpc) is 3.43. The van der Waals surface area contributed by atoms with Crippen LogP contribution in [-0.2, 0) is 28.6 Å². The lowest BCUT2D eigenvalue weighted by molar-refractivity contribution is -0.167. The summed E-state index contributed by atoms with van der Waals surface area (Å²) in [6.07, 6.45) is 84.0. The van der Waals surface area contributed by atoms with Crippen LogP contribution in [0.15, 0.2) is 60.8 Å². The highest BCUT2D eigenvalue weighted by Crippen LogP contribution is 2.18. The highest BCUT2D eigenvalue weighted by molar-refractivity contribution is 5.71. The second-order valence-corrected chi connectivity index (χ2v) is 22.7. The molecule has 0 rings (SSSR count). The standard InChI is InChI=1S/C71H128O6/c1-4-7-10-13-16-19-22-24-26-28-29-30-31-32-33-34-35-36-37-38-39-40-41-43-44-46-49-52-55-58-61-64-70(73)76-67-68(66-75-69(72)63-60-57-54-51-48-21-18-15-12-9-6-3)77-71(74)65-62-59-56-53-50-47-45-42-27-25-23-20-17-14-11-8-5-2/h7,10,15-16,18-19,24,26,29-30,68H,4-6,8-9,11-14,17,20-23,25,27-28,31-67H2,1-3H3/b10-7-,18-15-,19-16-,26-24-,30-29-. The molecular formula is C71H128O6.